The van der Waals surface area contributed by atoms with Crippen LogP contribution < -0.4 is 159 Å². The number of rotatable bonds is 13. The summed E-state index contributed by atoms with van der Waals surface area (Å²) in [6.45, 7) is 7.89. The topological polar surface area (TPSA) is 272 Å². The Morgan fingerprint density at radius 1 is 0.676 bits per heavy atom. The van der Waals surface area contributed by atoms with Crippen LogP contribution >= 0.6 is 0 Å². The third-order valence-corrected chi connectivity index (χ3v) is 15.9. The van der Waals surface area contributed by atoms with Gasteiger partial charge in [-0.3, -0.25) is 4.79 Å². The van der Waals surface area contributed by atoms with Gasteiger partial charge in [-0.25, -0.2) is 33.7 Å². The molecule has 16 nitrogen and oxygen atoms in total. The predicted molar refractivity (Wildman–Crippen MR) is 237 cm³/mol. The smallest absolute Gasteiger partial charge is 0.744 e. The van der Waals surface area contributed by atoms with Gasteiger partial charge in [-0.2, -0.15) is 4.58 Å². The van der Waals surface area contributed by atoms with E-state index in [-0.39, 0.29) is 182 Å². The fraction of sp³-hybridized carbons (Fsp3) is 0.333. The number of hydrogen-bond acceptors (Lipinski definition) is 14. The number of aliphatic carboxylic acids is 1. The SMILES string of the molecule is C[N+]1=C(/C=C/C2=CC(=C\C=C3/N(CCCCCC(=O)O)c4ccc5c(S(=O)(=O)[O-])cc(S(=O)(=O)[O-])cc5c4C3(C)C)/CCC2)C(C)(C)c2c1ccc1c(S(=O)(=O)[O-])cc(S(=O)(=O)[O-])cc21.[K+].[K+].[K+]. The van der Waals surface area contributed by atoms with Crippen LogP contribution in [0.5, 0.6) is 0 Å². The molecular formula is C45H45K3N2O14S4. The minimum Gasteiger partial charge on any atom is -0.744 e. The van der Waals surface area contributed by atoms with Crippen LogP contribution in [-0.2, 0) is 56.1 Å². The van der Waals surface area contributed by atoms with E-state index in [1.807, 2.05) is 67.6 Å². The van der Waals surface area contributed by atoms with Gasteiger partial charge in [0.2, 0.25) is 5.69 Å². The monoisotopic (exact) mass is 1080 g/mol. The van der Waals surface area contributed by atoms with Gasteiger partial charge in [0.15, 0.2) is 5.71 Å². The summed E-state index contributed by atoms with van der Waals surface area (Å²) in [7, 11) is -18.9. The van der Waals surface area contributed by atoms with E-state index in [1.165, 1.54) is 12.1 Å². The van der Waals surface area contributed by atoms with Gasteiger partial charge in [-0.15, -0.1) is 0 Å². The number of hydrogen-bond donors (Lipinski definition) is 1. The Morgan fingerprint density at radius 3 is 1.75 bits per heavy atom. The second-order valence-electron chi connectivity index (χ2n) is 17.5. The van der Waals surface area contributed by atoms with Crippen molar-refractivity contribution in [2.75, 3.05) is 18.5 Å². The van der Waals surface area contributed by atoms with Crippen molar-refractivity contribution >= 4 is 85.1 Å². The minimum absolute atomic E-state index is 0. The Hall–Kier alpha value is -0.151. The van der Waals surface area contributed by atoms with Crippen LogP contribution in [-0.4, -0.2) is 86.8 Å². The summed E-state index contributed by atoms with van der Waals surface area (Å²) in [5, 5.41) is 9.41. The molecule has 0 aromatic heterocycles. The quantitative estimate of drug-likeness (QED) is 0.0630. The van der Waals surface area contributed by atoms with E-state index in [2.05, 4.69) is 0 Å². The largest absolute Gasteiger partial charge is 1.00 e. The first kappa shape index (κ1) is 60.4. The summed E-state index contributed by atoms with van der Waals surface area (Å²) >= 11 is 0. The van der Waals surface area contributed by atoms with E-state index in [0.717, 1.165) is 41.1 Å². The molecule has 2 aliphatic heterocycles. The fourth-order valence-corrected chi connectivity index (χ4v) is 12.3. The molecule has 0 saturated heterocycles. The molecule has 7 rings (SSSR count). The fourth-order valence-electron chi connectivity index (χ4n) is 9.62. The van der Waals surface area contributed by atoms with Crippen LogP contribution in [0.1, 0.15) is 83.8 Å². The zero-order chi connectivity index (χ0) is 47.8. The summed E-state index contributed by atoms with van der Waals surface area (Å²) in [6.07, 6.45) is 13.6. The van der Waals surface area contributed by atoms with Gasteiger partial charge in [0.05, 0.1) is 25.0 Å². The molecule has 2 heterocycles. The van der Waals surface area contributed by atoms with Crippen LogP contribution in [0.15, 0.2) is 115 Å². The Kier molecular flexibility index (Phi) is 19.9. The number of carboxylic acids is 1. The number of unbranched alkanes of at least 4 members (excludes halogenated alkanes) is 2. The second kappa shape index (κ2) is 22.4. The molecule has 0 atom stereocenters. The maximum atomic E-state index is 12.4. The molecule has 0 radical (unpaired) electrons. The maximum Gasteiger partial charge on any atom is 1.00 e. The summed E-state index contributed by atoms with van der Waals surface area (Å²) < 4.78 is 149. The molecule has 3 aliphatic rings. The average Bonchev–Trinajstić information content (AvgIpc) is 3.53. The van der Waals surface area contributed by atoms with Crippen molar-refractivity contribution in [3.05, 3.63) is 107 Å². The number of nitrogens with zero attached hydrogens (tertiary/aromatic N) is 2. The molecular weight excluding hydrogens is 1040 g/mol. The van der Waals surface area contributed by atoms with E-state index < -0.39 is 76.9 Å². The number of allylic oxidation sites excluding steroid dienone is 8. The third kappa shape index (κ3) is 12.3. The van der Waals surface area contributed by atoms with Crippen molar-refractivity contribution in [1.82, 2.24) is 0 Å². The molecule has 0 saturated carbocycles. The number of anilines is 1. The second-order valence-corrected chi connectivity index (χ2v) is 23.0. The molecule has 68 heavy (non-hydrogen) atoms. The average molecular weight is 1080 g/mol. The van der Waals surface area contributed by atoms with Crippen molar-refractivity contribution < 1.29 is 221 Å². The van der Waals surface area contributed by atoms with Crippen LogP contribution in [0.2, 0.25) is 0 Å². The van der Waals surface area contributed by atoms with Crippen LogP contribution in [0, 0.1) is 0 Å². The first-order valence-electron chi connectivity index (χ1n) is 20.5. The van der Waals surface area contributed by atoms with Gasteiger partial charge in [-0.05, 0) is 121 Å². The Bertz CT molecular complexity index is 3380. The van der Waals surface area contributed by atoms with Gasteiger partial charge in [-0.1, -0.05) is 44.6 Å². The molecule has 0 unspecified atom stereocenters. The van der Waals surface area contributed by atoms with Crippen LogP contribution in [0.3, 0.4) is 0 Å². The molecule has 4 aromatic carbocycles. The van der Waals surface area contributed by atoms with Gasteiger partial charge >= 0.3 is 160 Å². The van der Waals surface area contributed by atoms with E-state index in [4.69, 9.17) is 0 Å². The predicted octanol–water partition coefficient (Wildman–Crippen LogP) is -2.45. The standard InChI is InChI=1S/C45H48N2O14S4.3K/c1-44(2)39(46(5)35-17-15-31-33(42(35)44)23-29(62(50,51)52)25-37(31)64(56,57)58)19-13-27-10-9-11-28(22-27)14-20-40-45(3,4)43-34-24-30(63(53,54)55)26-38(65(59,60)61)32(34)16-18-36(43)47(40)21-8-6-7-12-41(48)49;;;/h13-20,22-26H,6-12,21H2,1-5H3,(H4-,48,49,50,51,52,53,54,55,56,57,58,59,60,61);;;/q;3*+1/p-3. The maximum absolute atomic E-state index is 12.4. The number of carbonyl (C=O) groups is 1. The molecule has 0 bridgehead atoms. The minimum atomic E-state index is -5.22. The van der Waals surface area contributed by atoms with Crippen LogP contribution in [0.4, 0.5) is 11.4 Å². The first-order valence-corrected chi connectivity index (χ1v) is 26.1. The first-order chi connectivity index (χ1) is 30.0. The Morgan fingerprint density at radius 2 is 1.22 bits per heavy atom. The third-order valence-electron chi connectivity index (χ3n) is 12.5. The van der Waals surface area contributed by atoms with Gasteiger partial charge < -0.3 is 28.2 Å². The molecule has 346 valence electrons. The number of fused-ring (bicyclic) bond motifs is 6. The van der Waals surface area contributed by atoms with Crippen molar-refractivity contribution in [2.45, 2.75) is 103 Å². The van der Waals surface area contributed by atoms with E-state index in [9.17, 15) is 61.8 Å². The molecule has 0 spiro atoms. The number of carboxylic acid groups (broad SMARTS) is 1. The molecule has 23 heteroatoms. The molecule has 0 amide bonds. The Balaban J connectivity index is 0.00000336. The van der Waals surface area contributed by atoms with Gasteiger partial charge in [0, 0.05) is 52.9 Å². The zero-order valence-electron chi connectivity index (χ0n) is 38.9. The molecule has 4 aromatic rings. The van der Waals surface area contributed by atoms with E-state index in [0.29, 0.717) is 73.3 Å². The Labute approximate surface area is 524 Å². The summed E-state index contributed by atoms with van der Waals surface area (Å²) in [6, 6.07) is 9.55. The van der Waals surface area contributed by atoms with Gasteiger partial charge in [0.1, 0.15) is 47.5 Å². The molecule has 0 fully saturated rings. The summed E-state index contributed by atoms with van der Waals surface area (Å²) in [5.74, 6) is -0.916. The zero-order valence-corrected chi connectivity index (χ0v) is 51.6. The van der Waals surface area contributed by atoms with Crippen LogP contribution in [0.25, 0.3) is 21.5 Å². The van der Waals surface area contributed by atoms with Crippen molar-refractivity contribution in [3.8, 4) is 0 Å². The van der Waals surface area contributed by atoms with Crippen molar-refractivity contribution in [1.29, 1.82) is 0 Å². The summed E-state index contributed by atoms with van der Waals surface area (Å²) in [4.78, 5) is 9.88. The van der Waals surface area contributed by atoms with E-state index >= 15 is 0 Å². The van der Waals surface area contributed by atoms with Crippen molar-refractivity contribution in [3.63, 3.8) is 0 Å². The van der Waals surface area contributed by atoms with E-state index in [1.54, 1.807) is 19.2 Å². The van der Waals surface area contributed by atoms with Gasteiger partial charge in [0.25, 0.3) is 0 Å². The molecule has 1 aliphatic carbocycles. The normalized spacial score (nSPS) is 18.1. The van der Waals surface area contributed by atoms with Crippen molar-refractivity contribution in [2.24, 2.45) is 0 Å². The molecule has 1 N–H and O–H groups in total. The summed E-state index contributed by atoms with van der Waals surface area (Å²) in [5.41, 5.74) is 3.90. The number of benzene rings is 4.